The number of benzene rings is 2. The SMILES string of the molecule is COC(=O)[C@@H](N)C[C@@H]1CCCNC1=O.COC(=O)[C@H](C[C@@H]1CCCNC1=O)NC(=O)[C@@H](C)CC(C)(C)C.COC(=O)[C@H](C[C@@H]1CCCNC1=O)NC(=O)[C@@H](N)CC(C)(C)C.COCCOCCOc1cccc2[nH]c(C(=O)N[C@@H](CC(C)(C)C)C(=O)N[C@@H](C[C@@H]3CCCNC3=O)C(=O)OC)cc12.COCCOCCOc1cccc2[nH]c(C(=O)O)cc12.C[C@@H](CC(C)(C)C)C(=O)O.Cl.Cl. The maximum Gasteiger partial charge on any atom is 0.352 e. The Kier molecular flexibility index (Phi) is 56.4. The fourth-order valence-electron chi connectivity index (χ4n) is 15.1. The summed E-state index contributed by atoms with van der Waals surface area (Å²) in [5.41, 5.74) is 13.0. The third-order valence-electron chi connectivity index (χ3n) is 21.5. The average Bonchev–Trinajstić information content (AvgIpc) is 1.66. The molecule has 0 unspecified atom stereocenters. The zero-order valence-corrected chi connectivity index (χ0v) is 83.6. The van der Waals surface area contributed by atoms with Crippen molar-refractivity contribution in [1.29, 1.82) is 0 Å². The van der Waals surface area contributed by atoms with Crippen molar-refractivity contribution in [3.8, 4) is 11.5 Å². The number of aliphatic carboxylic acids is 1. The lowest BCUT2D eigenvalue weighted by molar-refractivity contribution is -0.147. The molecular formula is C94H154Cl2N12O26. The molecule has 16 N–H and O–H groups in total. The largest absolute Gasteiger partial charge is 0.490 e. The van der Waals surface area contributed by atoms with E-state index in [0.29, 0.717) is 127 Å². The van der Waals surface area contributed by atoms with Gasteiger partial charge in [-0.05, 0) is 161 Å². The van der Waals surface area contributed by atoms with Gasteiger partial charge in [0.25, 0.3) is 5.91 Å². The molecule has 2 aromatic carbocycles. The number of amides is 8. The number of carboxylic acid groups (broad SMARTS) is 2. The van der Waals surface area contributed by atoms with Gasteiger partial charge in [-0.2, -0.15) is 0 Å². The molecule has 8 amide bonds. The zero-order valence-electron chi connectivity index (χ0n) is 82.0. The van der Waals surface area contributed by atoms with Crippen LogP contribution in [0.1, 0.15) is 221 Å². The smallest absolute Gasteiger partial charge is 0.352 e. The molecule has 4 fully saturated rings. The number of fused-ring (bicyclic) bond motifs is 2. The first-order valence-electron chi connectivity index (χ1n) is 45.2. The summed E-state index contributed by atoms with van der Waals surface area (Å²) in [5.74, 6) is -6.03. The zero-order chi connectivity index (χ0) is 99.2. The monoisotopic (exact) mass is 1940 g/mol. The number of nitrogens with two attached hydrogens (primary N) is 2. The topological polar surface area (TPSA) is 552 Å². The van der Waals surface area contributed by atoms with Gasteiger partial charge in [0.2, 0.25) is 41.4 Å². The van der Waals surface area contributed by atoms with Gasteiger partial charge in [-0.1, -0.05) is 109 Å². The van der Waals surface area contributed by atoms with Gasteiger partial charge in [0.1, 0.15) is 66.3 Å². The highest BCUT2D eigenvalue weighted by molar-refractivity contribution is 6.02. The number of rotatable bonds is 40. The summed E-state index contributed by atoms with van der Waals surface area (Å²) < 4.78 is 51.0. The van der Waals surface area contributed by atoms with Crippen LogP contribution in [0.4, 0.5) is 0 Å². The molecule has 0 aliphatic carbocycles. The Bertz CT molecular complexity index is 4250. The number of esters is 4. The molecule has 38 nitrogen and oxygen atoms in total. The minimum absolute atomic E-state index is 0. The van der Waals surface area contributed by atoms with Gasteiger partial charge in [0.05, 0.1) is 80.0 Å². The summed E-state index contributed by atoms with van der Waals surface area (Å²) in [5, 5.41) is 41.1. The first-order chi connectivity index (χ1) is 62.0. The summed E-state index contributed by atoms with van der Waals surface area (Å²) in [6.45, 7) is 34.0. The Morgan fingerprint density at radius 3 is 1.07 bits per heavy atom. The second-order valence-corrected chi connectivity index (χ2v) is 38.2. The van der Waals surface area contributed by atoms with Crippen LogP contribution in [-0.2, 0) is 95.4 Å². The van der Waals surface area contributed by atoms with Crippen molar-refractivity contribution < 1.29 is 125 Å². The highest BCUT2D eigenvalue weighted by Gasteiger charge is 2.38. The quantitative estimate of drug-likeness (QED) is 0.0113. The second kappa shape index (κ2) is 61.9. The van der Waals surface area contributed by atoms with Crippen molar-refractivity contribution in [1.82, 2.24) is 52.5 Å². The number of ether oxygens (including phenoxy) is 10. The number of aromatic carboxylic acids is 1. The Balaban J connectivity index is 0.000000848. The number of nitrogens with one attached hydrogen (secondary N) is 10. The van der Waals surface area contributed by atoms with Crippen molar-refractivity contribution in [2.75, 3.05) is 122 Å². The van der Waals surface area contributed by atoms with E-state index in [9.17, 15) is 67.1 Å². The molecule has 4 aliphatic rings. The molecule has 4 saturated heterocycles. The number of methoxy groups -OCH3 is 6. The summed E-state index contributed by atoms with van der Waals surface area (Å²) in [4.78, 5) is 174. The van der Waals surface area contributed by atoms with Crippen molar-refractivity contribution in [3.05, 3.63) is 59.9 Å². The molecule has 0 saturated carbocycles. The van der Waals surface area contributed by atoms with Crippen molar-refractivity contribution in [2.45, 2.75) is 236 Å². The molecule has 2 aromatic heterocycles. The average molecular weight is 1940 g/mol. The molecule has 40 heteroatoms. The lowest BCUT2D eigenvalue weighted by Crippen LogP contribution is -2.54. The summed E-state index contributed by atoms with van der Waals surface area (Å²) >= 11 is 0. The van der Waals surface area contributed by atoms with E-state index in [2.05, 4.69) is 78.0 Å². The molecule has 4 aromatic rings. The van der Waals surface area contributed by atoms with Gasteiger partial charge >= 0.3 is 35.8 Å². The molecule has 4 aliphatic heterocycles. The van der Waals surface area contributed by atoms with Crippen LogP contribution in [0.5, 0.6) is 11.5 Å². The van der Waals surface area contributed by atoms with E-state index >= 15 is 0 Å². The van der Waals surface area contributed by atoms with Crippen LogP contribution in [-0.4, -0.2) is 261 Å². The molecule has 12 atom stereocenters. The standard InChI is InChI=1S/C30H44N4O8.C17H30N2O4.C16H29N3O4.C14H17NO5.C9H16N2O3.C8H16O2.2ClH/c1-30(2,3)18-24(28(37)33-23(29(38)40-5)16-19-8-7-11-31-26(19)35)34-27(36)22-17-20-21(32-22)9-6-10-25(20)42-15-14-41-13-12-39-4;1-11(10-17(2,3)4)14(20)19-13(16(22)23-5)9-12-7-6-8-18-15(12)21;1-16(2,3)9-11(17)14(21)19-12(15(22)23-4)8-10-6-5-7-18-13(10)20;1-18-5-6-19-7-8-20-13-4-2-3-11-10(13)9-12(15-11)14(16)17;1-14-9(13)7(10)5-6-3-2-4-11-8(6)12;1-6(7(9)10)5-8(2,3)4;;/h6,9-10,17,19,23-24,32H,7-8,11-16,18H2,1-5H3,(H,31,35)(H,33,37)(H,34,36);11-13H,6-10H2,1-5H3,(H,18,21)(H,19,20);10-12H,5-9,17H2,1-4H3,(H,18,20)(H,19,21);2-4,9,15H,5-8H2,1H3,(H,16,17);6-7H,2-5,10H2,1H3,(H,11,12);6H,5H2,1-4H3,(H,9,10);2*1H/t19-,23-,24-;11-,12-,13-;10-,11-,12-;;6-,7-;6-;;/m000.00../s1. The number of piperidine rings is 4. The summed E-state index contributed by atoms with van der Waals surface area (Å²) in [7, 11) is 8.31. The van der Waals surface area contributed by atoms with E-state index in [0.717, 1.165) is 68.8 Å². The fraction of sp³-hybridized carbons (Fsp3) is 0.681. The number of carbonyl (C=O) groups is 14. The minimum Gasteiger partial charge on any atom is -0.490 e. The fourth-order valence-corrected chi connectivity index (χ4v) is 15.1. The highest BCUT2D eigenvalue weighted by Crippen LogP contribution is 2.32. The van der Waals surface area contributed by atoms with Gasteiger partial charge in [0, 0.05) is 91.8 Å². The number of carboxylic acids is 2. The number of H-pyrrole nitrogens is 2. The third kappa shape index (κ3) is 47.5. The van der Waals surface area contributed by atoms with E-state index in [4.69, 9.17) is 64.3 Å². The number of aromatic nitrogens is 2. The van der Waals surface area contributed by atoms with E-state index in [1.54, 1.807) is 39.3 Å². The second-order valence-electron chi connectivity index (χ2n) is 38.2. The summed E-state index contributed by atoms with van der Waals surface area (Å²) in [6, 6.07) is 9.13. The number of halogens is 2. The first kappa shape index (κ1) is 122. The number of carbonyl (C=O) groups excluding carboxylic acids is 12. The van der Waals surface area contributed by atoms with Crippen LogP contribution in [0.25, 0.3) is 21.8 Å². The third-order valence-corrected chi connectivity index (χ3v) is 21.5. The van der Waals surface area contributed by atoms with Crippen LogP contribution in [0, 0.1) is 57.2 Å². The van der Waals surface area contributed by atoms with Crippen LogP contribution < -0.4 is 63.5 Å². The van der Waals surface area contributed by atoms with Crippen molar-refractivity contribution >= 4 is 130 Å². The number of aromatic amines is 2. The van der Waals surface area contributed by atoms with Crippen LogP contribution in [0.2, 0.25) is 0 Å². The summed E-state index contributed by atoms with van der Waals surface area (Å²) in [6.07, 6.45) is 9.59. The van der Waals surface area contributed by atoms with Crippen LogP contribution in [0.3, 0.4) is 0 Å². The highest BCUT2D eigenvalue weighted by atomic mass is 35.5. The number of hydrogen-bond acceptors (Lipinski definition) is 26. The van der Waals surface area contributed by atoms with Gasteiger partial charge < -0.3 is 122 Å². The molecule has 0 radical (unpaired) electrons. The Labute approximate surface area is 800 Å². The Morgan fingerprint density at radius 2 is 0.739 bits per heavy atom. The normalized spacial score (nSPS) is 17.7. The first-order valence-corrected chi connectivity index (χ1v) is 45.2. The lowest BCUT2D eigenvalue weighted by atomic mass is 9.85. The molecule has 760 valence electrons. The molecular weight excluding hydrogens is 1780 g/mol. The minimum atomic E-state index is -1.03. The van der Waals surface area contributed by atoms with Gasteiger partial charge in [-0.3, -0.25) is 47.9 Å². The predicted molar refractivity (Wildman–Crippen MR) is 509 cm³/mol. The van der Waals surface area contributed by atoms with Gasteiger partial charge in [-0.25, -0.2) is 19.2 Å². The lowest BCUT2D eigenvalue weighted by Gasteiger charge is -2.29. The molecule has 6 heterocycles. The van der Waals surface area contributed by atoms with E-state index in [1.165, 1.54) is 28.4 Å². The molecule has 134 heavy (non-hydrogen) atoms. The van der Waals surface area contributed by atoms with Crippen molar-refractivity contribution in [3.63, 3.8) is 0 Å². The molecule has 8 rings (SSSR count). The van der Waals surface area contributed by atoms with Crippen LogP contribution in [0.15, 0.2) is 48.5 Å². The van der Waals surface area contributed by atoms with E-state index in [-0.39, 0.29) is 136 Å². The van der Waals surface area contributed by atoms with Gasteiger partial charge in [-0.15, -0.1) is 24.8 Å². The Morgan fingerprint density at radius 1 is 0.403 bits per heavy atom. The predicted octanol–water partition coefficient (Wildman–Crippen LogP) is 8.57. The van der Waals surface area contributed by atoms with Gasteiger partial charge in [0.15, 0.2) is 0 Å². The molecule has 0 bridgehead atoms. The Hall–Kier alpha value is -9.96. The maximum atomic E-state index is 13.5. The van der Waals surface area contributed by atoms with Crippen LogP contribution >= 0.6 is 24.8 Å². The van der Waals surface area contributed by atoms with E-state index in [1.807, 2.05) is 99.6 Å². The maximum absolute atomic E-state index is 13.5. The molecule has 0 spiro atoms. The van der Waals surface area contributed by atoms with Crippen molar-refractivity contribution in [2.24, 2.45) is 68.6 Å². The number of hydrogen-bond donors (Lipinski definition) is 14. The van der Waals surface area contributed by atoms with E-state index < -0.39 is 95.7 Å².